The Labute approximate surface area is 228 Å². The lowest BCUT2D eigenvalue weighted by molar-refractivity contribution is -0.116. The van der Waals surface area contributed by atoms with Gasteiger partial charge in [0.1, 0.15) is 0 Å². The van der Waals surface area contributed by atoms with Gasteiger partial charge in [-0.2, -0.15) is 0 Å². The molecule has 3 heterocycles. The van der Waals surface area contributed by atoms with Gasteiger partial charge in [0.05, 0.1) is 13.2 Å². The quantitative estimate of drug-likeness (QED) is 0.454. The maximum Gasteiger partial charge on any atom is 0.311 e. The zero-order valence-electron chi connectivity index (χ0n) is 23.2. The van der Waals surface area contributed by atoms with Crippen molar-refractivity contribution in [2.75, 3.05) is 70.5 Å². The van der Waals surface area contributed by atoms with Gasteiger partial charge >= 0.3 is 7.59 Å². The number of carbonyl (C=O) groups is 1. The molecule has 0 unspecified atom stereocenters. The van der Waals surface area contributed by atoms with Crippen molar-refractivity contribution in [3.8, 4) is 0 Å². The number of benzene rings is 1. The van der Waals surface area contributed by atoms with Gasteiger partial charge in [0, 0.05) is 69.3 Å². The summed E-state index contributed by atoms with van der Waals surface area (Å²) in [5, 5.41) is 3.13. The van der Waals surface area contributed by atoms with Gasteiger partial charge in [-0.25, -0.2) is 9.34 Å². The summed E-state index contributed by atoms with van der Waals surface area (Å²) in [5.41, 5.74) is 5.35. The van der Waals surface area contributed by atoms with Crippen LogP contribution < -0.4 is 9.99 Å². The molecule has 0 saturated carbocycles. The van der Waals surface area contributed by atoms with Gasteiger partial charge in [-0.15, -0.1) is 0 Å². The molecular weight excluding hydrogens is 497 g/mol. The van der Waals surface area contributed by atoms with Crippen LogP contribution in [0.15, 0.2) is 41.1 Å². The third kappa shape index (κ3) is 5.74. The Balaban J connectivity index is 1.44. The van der Waals surface area contributed by atoms with Crippen molar-refractivity contribution in [1.82, 2.24) is 19.3 Å². The van der Waals surface area contributed by atoms with Crippen molar-refractivity contribution in [2.24, 2.45) is 0 Å². The summed E-state index contributed by atoms with van der Waals surface area (Å²) >= 11 is 0. The van der Waals surface area contributed by atoms with E-state index in [0.717, 1.165) is 101 Å². The summed E-state index contributed by atoms with van der Waals surface area (Å²) in [6.07, 6.45) is 7.86. The number of rotatable bonds is 9. The van der Waals surface area contributed by atoms with Crippen LogP contribution in [0.3, 0.4) is 0 Å². The second kappa shape index (κ2) is 12.4. The zero-order valence-corrected chi connectivity index (χ0v) is 24.1. The number of ether oxygens (including phenoxy) is 1. The molecule has 1 aliphatic carbocycles. The number of amides is 1. The SMILES string of the molecule is CCN(CC)c1ccc(/C=C2\CCC(C(=O)NP(=O)(N3CCCC3)N3CCCC3)=C2N2CCOCC2)cc1. The third-order valence-electron chi connectivity index (χ3n) is 8.38. The van der Waals surface area contributed by atoms with E-state index in [4.69, 9.17) is 4.74 Å². The van der Waals surface area contributed by atoms with Crippen molar-refractivity contribution in [1.29, 1.82) is 0 Å². The molecule has 38 heavy (non-hydrogen) atoms. The van der Waals surface area contributed by atoms with Gasteiger partial charge < -0.3 is 14.5 Å². The van der Waals surface area contributed by atoms with Crippen molar-refractivity contribution in [3.63, 3.8) is 0 Å². The molecule has 5 rings (SSSR count). The molecule has 1 aromatic rings. The second-order valence-electron chi connectivity index (χ2n) is 10.7. The summed E-state index contributed by atoms with van der Waals surface area (Å²) in [4.78, 5) is 18.6. The minimum absolute atomic E-state index is 0.158. The molecule has 4 aliphatic rings. The first-order valence-corrected chi connectivity index (χ1v) is 16.2. The highest BCUT2D eigenvalue weighted by Gasteiger charge is 2.43. The van der Waals surface area contributed by atoms with Crippen LogP contribution in [-0.2, 0) is 14.1 Å². The van der Waals surface area contributed by atoms with Crippen molar-refractivity contribution in [3.05, 3.63) is 46.7 Å². The maximum atomic E-state index is 14.4. The van der Waals surface area contributed by atoms with E-state index in [9.17, 15) is 9.36 Å². The molecule has 208 valence electrons. The monoisotopic (exact) mass is 541 g/mol. The molecule has 8 nitrogen and oxygen atoms in total. The van der Waals surface area contributed by atoms with Crippen LogP contribution in [0.25, 0.3) is 6.08 Å². The smallest absolute Gasteiger partial charge is 0.311 e. The second-order valence-corrected chi connectivity index (χ2v) is 13.1. The summed E-state index contributed by atoms with van der Waals surface area (Å²) in [6.45, 7) is 12.3. The first-order chi connectivity index (χ1) is 18.5. The van der Waals surface area contributed by atoms with E-state index in [1.807, 2.05) is 9.34 Å². The van der Waals surface area contributed by atoms with E-state index in [1.165, 1.54) is 11.3 Å². The lowest BCUT2D eigenvalue weighted by Gasteiger charge is -2.35. The molecule has 3 fully saturated rings. The fourth-order valence-electron chi connectivity index (χ4n) is 6.27. The molecule has 9 heteroatoms. The third-order valence-corrected chi connectivity index (χ3v) is 11.2. The van der Waals surface area contributed by atoms with Crippen LogP contribution in [0.2, 0.25) is 0 Å². The molecule has 0 atom stereocenters. The summed E-state index contributed by atoms with van der Waals surface area (Å²) < 4.78 is 24.2. The number of carbonyl (C=O) groups excluding carboxylic acids is 1. The molecule has 3 saturated heterocycles. The highest BCUT2D eigenvalue weighted by molar-refractivity contribution is 7.57. The Morgan fingerprint density at radius 2 is 1.50 bits per heavy atom. The maximum absolute atomic E-state index is 14.4. The predicted octanol–water partition coefficient (Wildman–Crippen LogP) is 4.71. The number of morpholine rings is 1. The number of nitrogens with zero attached hydrogens (tertiary/aromatic N) is 4. The van der Waals surface area contributed by atoms with E-state index in [0.29, 0.717) is 19.6 Å². The molecule has 1 N–H and O–H groups in total. The molecular formula is C29H44N5O3P. The predicted molar refractivity (Wildman–Crippen MR) is 154 cm³/mol. The fraction of sp³-hybridized carbons (Fsp3) is 0.621. The number of hydrogen-bond donors (Lipinski definition) is 1. The standard InChI is InChI=1S/C29H44N5O3P/c1-3-31(4-2)26-12-9-24(10-13-26)23-25-11-14-27(28(25)32-19-21-37-22-20-32)29(35)30-38(36,33-15-5-6-16-33)34-17-7-8-18-34/h9-10,12-13,23H,3-8,11,14-22H2,1-2H3,(H,30,35,36)/b25-23+. The summed E-state index contributed by atoms with van der Waals surface area (Å²) in [6, 6.07) is 8.71. The number of anilines is 1. The summed E-state index contributed by atoms with van der Waals surface area (Å²) in [5.74, 6) is -0.158. The largest absolute Gasteiger partial charge is 0.378 e. The normalized spacial score (nSPS) is 22.6. The van der Waals surface area contributed by atoms with Crippen LogP contribution in [0, 0.1) is 0 Å². The molecule has 0 radical (unpaired) electrons. The van der Waals surface area contributed by atoms with Gasteiger partial charge in [0.25, 0.3) is 5.91 Å². The van der Waals surface area contributed by atoms with Crippen LogP contribution in [0.1, 0.15) is 57.9 Å². The van der Waals surface area contributed by atoms with Crippen LogP contribution >= 0.6 is 7.59 Å². The average molecular weight is 542 g/mol. The fourth-order valence-corrected chi connectivity index (χ4v) is 8.96. The zero-order chi connectivity index (χ0) is 26.5. The highest BCUT2D eigenvalue weighted by Crippen LogP contribution is 2.53. The Morgan fingerprint density at radius 3 is 2.05 bits per heavy atom. The first-order valence-electron chi connectivity index (χ1n) is 14.6. The van der Waals surface area contributed by atoms with Gasteiger partial charge in [-0.05, 0) is 81.7 Å². The van der Waals surface area contributed by atoms with Gasteiger partial charge in [0.15, 0.2) is 0 Å². The van der Waals surface area contributed by atoms with Crippen molar-refractivity contribution in [2.45, 2.75) is 52.4 Å². The first kappa shape index (κ1) is 27.4. The van der Waals surface area contributed by atoms with E-state index >= 15 is 0 Å². The lowest BCUT2D eigenvalue weighted by Crippen LogP contribution is -2.40. The van der Waals surface area contributed by atoms with Crippen LogP contribution in [-0.4, -0.2) is 85.7 Å². The van der Waals surface area contributed by atoms with Crippen LogP contribution in [0.4, 0.5) is 5.69 Å². The topological polar surface area (TPSA) is 68.4 Å². The molecule has 0 aromatic heterocycles. The highest BCUT2D eigenvalue weighted by atomic mass is 31.2. The Morgan fingerprint density at radius 1 is 0.921 bits per heavy atom. The van der Waals surface area contributed by atoms with Crippen molar-refractivity contribution < 1.29 is 14.1 Å². The Kier molecular flexibility index (Phi) is 8.94. The minimum atomic E-state index is -3.13. The summed E-state index contributed by atoms with van der Waals surface area (Å²) in [7, 11) is -3.13. The molecule has 1 amide bonds. The van der Waals surface area contributed by atoms with E-state index in [2.05, 4.69) is 59.1 Å². The number of allylic oxidation sites excluding steroid dienone is 1. The molecule has 0 bridgehead atoms. The Hall–Kier alpha value is -2.12. The number of hydrogen-bond acceptors (Lipinski definition) is 5. The lowest BCUT2D eigenvalue weighted by atomic mass is 10.1. The van der Waals surface area contributed by atoms with Crippen molar-refractivity contribution >= 4 is 25.3 Å². The van der Waals surface area contributed by atoms with Gasteiger partial charge in [0.2, 0.25) is 0 Å². The van der Waals surface area contributed by atoms with E-state index in [-0.39, 0.29) is 5.91 Å². The van der Waals surface area contributed by atoms with Gasteiger partial charge in [-0.1, -0.05) is 12.1 Å². The van der Waals surface area contributed by atoms with Crippen LogP contribution in [0.5, 0.6) is 0 Å². The average Bonchev–Trinajstić information content (AvgIpc) is 3.74. The minimum Gasteiger partial charge on any atom is -0.378 e. The van der Waals surface area contributed by atoms with E-state index < -0.39 is 7.59 Å². The molecule has 0 spiro atoms. The number of nitrogens with one attached hydrogen (secondary N) is 1. The molecule has 1 aromatic carbocycles. The van der Waals surface area contributed by atoms with E-state index in [1.54, 1.807) is 0 Å². The van der Waals surface area contributed by atoms with Gasteiger partial charge in [-0.3, -0.25) is 14.4 Å². The Bertz CT molecular complexity index is 1060. The molecule has 3 aliphatic heterocycles.